The minimum Gasteiger partial charge on any atom is -0.491 e. The van der Waals surface area contributed by atoms with Gasteiger partial charge in [-0.15, -0.1) is 0 Å². The van der Waals surface area contributed by atoms with E-state index >= 15 is 0 Å². The van der Waals surface area contributed by atoms with E-state index < -0.39 is 0 Å². The molecule has 0 saturated heterocycles. The minimum atomic E-state index is 0.633. The molecule has 0 atom stereocenters. The van der Waals surface area contributed by atoms with E-state index in [9.17, 15) is 0 Å². The summed E-state index contributed by atoms with van der Waals surface area (Å²) < 4.78 is 11.5. The molecular formula is C18H29NO2. The molecule has 3 nitrogen and oxygen atoms in total. The minimum absolute atomic E-state index is 0.633. The van der Waals surface area contributed by atoms with E-state index in [1.807, 2.05) is 12.1 Å². The van der Waals surface area contributed by atoms with Crippen LogP contribution in [0.25, 0.3) is 0 Å². The zero-order valence-corrected chi connectivity index (χ0v) is 13.3. The van der Waals surface area contributed by atoms with Gasteiger partial charge in [0.1, 0.15) is 12.4 Å². The quantitative estimate of drug-likeness (QED) is 0.592. The Morgan fingerprint density at radius 1 is 1.05 bits per heavy atom. The van der Waals surface area contributed by atoms with Crippen molar-refractivity contribution in [2.45, 2.75) is 58.0 Å². The summed E-state index contributed by atoms with van der Waals surface area (Å²) in [5, 5.41) is 3.53. The van der Waals surface area contributed by atoms with Crippen LogP contribution in [-0.2, 0) is 11.3 Å². The number of hydrogen-bond acceptors (Lipinski definition) is 3. The first-order valence-corrected chi connectivity index (χ1v) is 8.42. The molecule has 0 unspecified atom stereocenters. The number of para-hydroxylation sites is 1. The summed E-state index contributed by atoms with van der Waals surface area (Å²) in [5.41, 5.74) is 1.24. The molecule has 0 radical (unpaired) electrons. The number of benzene rings is 1. The zero-order valence-electron chi connectivity index (χ0n) is 13.3. The summed E-state index contributed by atoms with van der Waals surface area (Å²) in [4.78, 5) is 0. The molecule has 1 N–H and O–H groups in total. The van der Waals surface area contributed by atoms with Gasteiger partial charge in [0.25, 0.3) is 0 Å². The summed E-state index contributed by atoms with van der Waals surface area (Å²) in [6.45, 7) is 5.29. The van der Waals surface area contributed by atoms with Gasteiger partial charge in [-0.1, -0.05) is 44.4 Å². The van der Waals surface area contributed by atoms with Crippen LogP contribution in [0, 0.1) is 0 Å². The summed E-state index contributed by atoms with van der Waals surface area (Å²) in [7, 11) is 0. The Kier molecular flexibility index (Phi) is 7.61. The Morgan fingerprint density at radius 2 is 1.90 bits per heavy atom. The van der Waals surface area contributed by atoms with Crippen molar-refractivity contribution in [1.29, 1.82) is 0 Å². The lowest BCUT2D eigenvalue weighted by Gasteiger charge is -2.12. The first-order valence-electron chi connectivity index (χ1n) is 8.42. The zero-order chi connectivity index (χ0) is 14.8. The van der Waals surface area contributed by atoms with Gasteiger partial charge in [0.2, 0.25) is 0 Å². The van der Waals surface area contributed by atoms with E-state index in [0.717, 1.165) is 31.4 Å². The lowest BCUT2D eigenvalue weighted by Crippen LogP contribution is -2.16. The van der Waals surface area contributed by atoms with E-state index in [1.165, 1.54) is 37.7 Å². The molecule has 118 valence electrons. The van der Waals surface area contributed by atoms with E-state index in [-0.39, 0.29) is 0 Å². The summed E-state index contributed by atoms with van der Waals surface area (Å²) in [6.07, 6.45) is 7.64. The third-order valence-corrected chi connectivity index (χ3v) is 3.76. The molecule has 0 amide bonds. The Labute approximate surface area is 129 Å². The second-order valence-corrected chi connectivity index (χ2v) is 5.78. The van der Waals surface area contributed by atoms with E-state index in [1.54, 1.807) is 0 Å². The van der Waals surface area contributed by atoms with Crippen LogP contribution < -0.4 is 10.1 Å². The first-order chi connectivity index (χ1) is 10.4. The fourth-order valence-corrected chi connectivity index (χ4v) is 2.28. The van der Waals surface area contributed by atoms with Gasteiger partial charge in [-0.05, 0) is 25.3 Å². The van der Waals surface area contributed by atoms with Crippen LogP contribution in [0.3, 0.4) is 0 Å². The highest BCUT2D eigenvalue weighted by Gasteiger charge is 2.20. The molecule has 1 aliphatic carbocycles. The molecule has 3 heteroatoms. The fourth-order valence-electron chi connectivity index (χ4n) is 2.28. The van der Waals surface area contributed by atoms with Crippen molar-refractivity contribution in [3.8, 4) is 5.75 Å². The number of ether oxygens (including phenoxy) is 2. The van der Waals surface area contributed by atoms with Crippen LogP contribution in [0.2, 0.25) is 0 Å². The molecule has 1 aromatic carbocycles. The molecule has 0 aromatic heterocycles. The van der Waals surface area contributed by atoms with E-state index in [0.29, 0.717) is 13.2 Å². The second kappa shape index (κ2) is 9.80. The van der Waals surface area contributed by atoms with E-state index in [4.69, 9.17) is 9.47 Å². The van der Waals surface area contributed by atoms with Crippen molar-refractivity contribution < 1.29 is 9.47 Å². The Morgan fingerprint density at radius 3 is 2.71 bits per heavy atom. The van der Waals surface area contributed by atoms with Crippen LogP contribution in [0.15, 0.2) is 24.3 Å². The van der Waals surface area contributed by atoms with Gasteiger partial charge >= 0.3 is 0 Å². The van der Waals surface area contributed by atoms with Gasteiger partial charge in [0.15, 0.2) is 0 Å². The van der Waals surface area contributed by atoms with Crippen molar-refractivity contribution in [1.82, 2.24) is 5.32 Å². The average molecular weight is 291 g/mol. The lowest BCUT2D eigenvalue weighted by molar-refractivity contribution is 0.0968. The highest BCUT2D eigenvalue weighted by molar-refractivity contribution is 5.33. The maximum Gasteiger partial charge on any atom is 0.123 e. The highest BCUT2D eigenvalue weighted by atomic mass is 16.5. The Balaban J connectivity index is 1.58. The first kappa shape index (κ1) is 16.3. The summed E-state index contributed by atoms with van der Waals surface area (Å²) in [6, 6.07) is 9.01. The third-order valence-electron chi connectivity index (χ3n) is 3.76. The van der Waals surface area contributed by atoms with Crippen molar-refractivity contribution in [3.63, 3.8) is 0 Å². The van der Waals surface area contributed by atoms with Crippen molar-refractivity contribution in [2.24, 2.45) is 0 Å². The average Bonchev–Trinajstić information content (AvgIpc) is 3.33. The molecule has 2 rings (SSSR count). The monoisotopic (exact) mass is 291 g/mol. The second-order valence-electron chi connectivity index (χ2n) is 5.78. The normalized spacial score (nSPS) is 14.3. The van der Waals surface area contributed by atoms with Gasteiger partial charge in [-0.3, -0.25) is 0 Å². The number of nitrogens with one attached hydrogen (secondary N) is 1. The van der Waals surface area contributed by atoms with Crippen LogP contribution in [0.1, 0.15) is 51.0 Å². The summed E-state index contributed by atoms with van der Waals surface area (Å²) >= 11 is 0. The molecule has 0 heterocycles. The molecule has 1 aromatic rings. The highest BCUT2D eigenvalue weighted by Crippen LogP contribution is 2.22. The number of hydrogen-bond donors (Lipinski definition) is 1. The maximum absolute atomic E-state index is 5.85. The van der Waals surface area contributed by atoms with Gasteiger partial charge in [0.05, 0.1) is 6.61 Å². The molecule has 1 aliphatic rings. The summed E-state index contributed by atoms with van der Waals surface area (Å²) in [5.74, 6) is 0.986. The van der Waals surface area contributed by atoms with Gasteiger partial charge in [-0.2, -0.15) is 0 Å². The maximum atomic E-state index is 5.85. The molecule has 0 bridgehead atoms. The van der Waals surface area contributed by atoms with Crippen LogP contribution in [0.4, 0.5) is 0 Å². The van der Waals surface area contributed by atoms with Crippen molar-refractivity contribution in [2.75, 3.05) is 19.8 Å². The number of rotatable bonds is 12. The topological polar surface area (TPSA) is 30.5 Å². The Bertz CT molecular complexity index is 391. The van der Waals surface area contributed by atoms with Gasteiger partial charge in [-0.25, -0.2) is 0 Å². The molecule has 0 spiro atoms. The SMILES string of the molecule is CCCCCCOCCOc1ccccc1CNC1CC1. The van der Waals surface area contributed by atoms with Crippen LogP contribution >= 0.6 is 0 Å². The molecule has 1 fully saturated rings. The number of unbranched alkanes of at least 4 members (excludes halogenated alkanes) is 3. The predicted octanol–water partition coefficient (Wildman–Crippen LogP) is 3.91. The van der Waals surface area contributed by atoms with Gasteiger partial charge < -0.3 is 14.8 Å². The van der Waals surface area contributed by atoms with Crippen molar-refractivity contribution in [3.05, 3.63) is 29.8 Å². The largest absolute Gasteiger partial charge is 0.491 e. The molecular weight excluding hydrogens is 262 g/mol. The molecule has 21 heavy (non-hydrogen) atoms. The smallest absolute Gasteiger partial charge is 0.123 e. The Hall–Kier alpha value is -1.06. The molecule has 1 saturated carbocycles. The predicted molar refractivity (Wildman–Crippen MR) is 86.8 cm³/mol. The van der Waals surface area contributed by atoms with Crippen LogP contribution in [-0.4, -0.2) is 25.9 Å². The van der Waals surface area contributed by atoms with Crippen LogP contribution in [0.5, 0.6) is 5.75 Å². The lowest BCUT2D eigenvalue weighted by atomic mass is 10.2. The van der Waals surface area contributed by atoms with Gasteiger partial charge in [0, 0.05) is 24.8 Å². The van der Waals surface area contributed by atoms with Crippen molar-refractivity contribution >= 4 is 0 Å². The fraction of sp³-hybridized carbons (Fsp3) is 0.667. The standard InChI is InChI=1S/C18H29NO2/c1-2-3-4-7-12-20-13-14-21-18-9-6-5-8-16(18)15-19-17-10-11-17/h5-6,8-9,17,19H,2-4,7,10-15H2,1H3. The third kappa shape index (κ3) is 6.96. The molecule has 0 aliphatic heterocycles. The van der Waals surface area contributed by atoms with E-state index in [2.05, 4.69) is 24.4 Å².